The number of carbonyl (C=O) groups is 2. The Morgan fingerprint density at radius 3 is 2.40 bits per heavy atom. The first-order valence-electron chi connectivity index (χ1n) is 11.2. The molecule has 0 saturated heterocycles. The minimum atomic E-state index is -0.514. The van der Waals surface area contributed by atoms with Gasteiger partial charge in [-0.25, -0.2) is 10.2 Å². The van der Waals surface area contributed by atoms with Gasteiger partial charge in [-0.3, -0.25) is 4.79 Å². The van der Waals surface area contributed by atoms with Crippen LogP contribution in [0.3, 0.4) is 0 Å². The smallest absolute Gasteiger partial charge is 0.343 e. The number of esters is 1. The molecule has 8 nitrogen and oxygen atoms in total. The fourth-order valence-electron chi connectivity index (χ4n) is 3.02. The fraction of sp³-hybridized carbons (Fsp3) is 0.222. The normalized spacial score (nSPS) is 10.6. The van der Waals surface area contributed by atoms with E-state index < -0.39 is 5.97 Å². The number of nitrogens with one attached hydrogen (secondary N) is 1. The molecule has 0 saturated carbocycles. The van der Waals surface area contributed by atoms with Gasteiger partial charge in [0, 0.05) is 5.56 Å². The summed E-state index contributed by atoms with van der Waals surface area (Å²) in [5.74, 6) is 1.05. The second kappa shape index (κ2) is 12.8. The van der Waals surface area contributed by atoms with Crippen LogP contribution in [0.15, 0.2) is 71.8 Å². The van der Waals surface area contributed by atoms with Crippen molar-refractivity contribution in [1.82, 2.24) is 5.43 Å². The summed E-state index contributed by atoms with van der Waals surface area (Å²) < 4.78 is 21.9. The zero-order valence-corrected chi connectivity index (χ0v) is 19.9. The molecule has 35 heavy (non-hydrogen) atoms. The molecule has 3 aromatic carbocycles. The molecule has 0 fully saturated rings. The predicted molar refractivity (Wildman–Crippen MR) is 133 cm³/mol. The molecule has 0 aromatic heterocycles. The summed E-state index contributed by atoms with van der Waals surface area (Å²) in [5.41, 5.74) is 3.93. The third-order valence-electron chi connectivity index (χ3n) is 4.74. The van der Waals surface area contributed by atoms with Crippen molar-refractivity contribution in [3.63, 3.8) is 0 Å². The van der Waals surface area contributed by atoms with Crippen LogP contribution in [0, 0.1) is 0 Å². The van der Waals surface area contributed by atoms with Crippen molar-refractivity contribution in [2.75, 3.05) is 20.3 Å². The summed E-state index contributed by atoms with van der Waals surface area (Å²) in [5, 5.41) is 4.00. The number of hydrazone groups is 1. The molecule has 8 heteroatoms. The summed E-state index contributed by atoms with van der Waals surface area (Å²) in [6.45, 7) is 4.84. The lowest BCUT2D eigenvalue weighted by molar-refractivity contribution is 0.0728. The van der Waals surface area contributed by atoms with Crippen LogP contribution in [0.25, 0.3) is 0 Å². The average Bonchev–Trinajstić information content (AvgIpc) is 2.89. The lowest BCUT2D eigenvalue weighted by Gasteiger charge is -2.12. The Balaban J connectivity index is 1.66. The second-order valence-electron chi connectivity index (χ2n) is 7.33. The second-order valence-corrected chi connectivity index (χ2v) is 7.33. The first-order valence-corrected chi connectivity index (χ1v) is 11.2. The van der Waals surface area contributed by atoms with Gasteiger partial charge in [-0.05, 0) is 79.6 Å². The molecule has 1 N–H and O–H groups in total. The van der Waals surface area contributed by atoms with E-state index in [2.05, 4.69) is 10.5 Å². The van der Waals surface area contributed by atoms with E-state index in [9.17, 15) is 9.59 Å². The lowest BCUT2D eigenvalue weighted by Crippen LogP contribution is -2.17. The third-order valence-corrected chi connectivity index (χ3v) is 4.74. The monoisotopic (exact) mass is 476 g/mol. The van der Waals surface area contributed by atoms with Crippen LogP contribution in [0.5, 0.6) is 23.0 Å². The zero-order valence-electron chi connectivity index (χ0n) is 19.9. The molecule has 0 heterocycles. The molecule has 0 spiro atoms. The van der Waals surface area contributed by atoms with E-state index in [0.29, 0.717) is 47.2 Å². The van der Waals surface area contributed by atoms with Crippen LogP contribution in [-0.2, 0) is 0 Å². The van der Waals surface area contributed by atoms with Gasteiger partial charge in [-0.2, -0.15) is 5.10 Å². The molecule has 0 aliphatic carbocycles. The van der Waals surface area contributed by atoms with Gasteiger partial charge in [0.2, 0.25) is 0 Å². The van der Waals surface area contributed by atoms with Crippen molar-refractivity contribution < 1.29 is 28.5 Å². The van der Waals surface area contributed by atoms with Gasteiger partial charge in [0.1, 0.15) is 11.5 Å². The number of benzene rings is 3. The van der Waals surface area contributed by atoms with E-state index in [1.165, 1.54) is 13.3 Å². The Labute approximate surface area is 204 Å². The van der Waals surface area contributed by atoms with Crippen LogP contribution in [0.2, 0.25) is 0 Å². The number of hydrogen-bond acceptors (Lipinski definition) is 7. The van der Waals surface area contributed by atoms with E-state index in [-0.39, 0.29) is 11.7 Å². The molecule has 3 rings (SSSR count). The maximum absolute atomic E-state index is 12.6. The van der Waals surface area contributed by atoms with E-state index >= 15 is 0 Å². The number of hydrogen-bond donors (Lipinski definition) is 1. The third kappa shape index (κ3) is 7.33. The van der Waals surface area contributed by atoms with Crippen molar-refractivity contribution >= 4 is 18.1 Å². The molecular weight excluding hydrogens is 448 g/mol. The van der Waals surface area contributed by atoms with Crippen LogP contribution in [0.1, 0.15) is 46.5 Å². The number of methoxy groups -OCH3 is 1. The average molecular weight is 477 g/mol. The predicted octanol–water partition coefficient (Wildman–Crippen LogP) is 4.87. The van der Waals surface area contributed by atoms with Gasteiger partial charge in [0.05, 0.1) is 32.1 Å². The summed E-state index contributed by atoms with van der Waals surface area (Å²) in [6.07, 6.45) is 2.38. The van der Waals surface area contributed by atoms with Crippen molar-refractivity contribution in [3.8, 4) is 23.0 Å². The first-order chi connectivity index (χ1) is 17.0. The lowest BCUT2D eigenvalue weighted by atomic mass is 10.2. The number of carbonyl (C=O) groups excluding carboxylic acids is 2. The van der Waals surface area contributed by atoms with Gasteiger partial charge in [-0.1, -0.05) is 13.0 Å². The van der Waals surface area contributed by atoms with E-state index in [1.807, 2.05) is 13.8 Å². The van der Waals surface area contributed by atoms with Gasteiger partial charge >= 0.3 is 5.97 Å². The molecular formula is C27H28N2O6. The maximum Gasteiger partial charge on any atom is 0.343 e. The molecule has 1 amide bonds. The van der Waals surface area contributed by atoms with Gasteiger partial charge in [-0.15, -0.1) is 0 Å². The molecule has 0 radical (unpaired) electrons. The number of ether oxygens (including phenoxy) is 4. The van der Waals surface area contributed by atoms with Crippen molar-refractivity contribution in [3.05, 3.63) is 83.4 Å². The fourth-order valence-corrected chi connectivity index (χ4v) is 3.02. The molecule has 0 aliphatic rings. The van der Waals surface area contributed by atoms with Crippen LogP contribution < -0.4 is 24.4 Å². The van der Waals surface area contributed by atoms with Crippen molar-refractivity contribution in [2.24, 2.45) is 5.10 Å². The molecule has 0 unspecified atom stereocenters. The molecule has 0 atom stereocenters. The first kappa shape index (κ1) is 25.3. The highest BCUT2D eigenvalue weighted by atomic mass is 16.6. The van der Waals surface area contributed by atoms with Crippen LogP contribution in [0.4, 0.5) is 0 Å². The highest BCUT2D eigenvalue weighted by molar-refractivity contribution is 5.95. The minimum absolute atomic E-state index is 0.278. The quantitative estimate of drug-likeness (QED) is 0.184. The van der Waals surface area contributed by atoms with E-state index in [1.54, 1.807) is 66.7 Å². The Morgan fingerprint density at radius 1 is 0.886 bits per heavy atom. The summed E-state index contributed by atoms with van der Waals surface area (Å²) in [4.78, 5) is 24.9. The Morgan fingerprint density at radius 2 is 1.69 bits per heavy atom. The number of rotatable bonds is 11. The highest BCUT2D eigenvalue weighted by Crippen LogP contribution is 2.29. The molecule has 0 aliphatic heterocycles. The summed E-state index contributed by atoms with van der Waals surface area (Å²) in [7, 11) is 1.53. The van der Waals surface area contributed by atoms with Gasteiger partial charge in [0.25, 0.3) is 5.91 Å². The molecule has 0 bridgehead atoms. The van der Waals surface area contributed by atoms with Crippen molar-refractivity contribution in [1.29, 1.82) is 0 Å². The maximum atomic E-state index is 12.6. The Kier molecular flexibility index (Phi) is 9.24. The Bertz CT molecular complexity index is 1170. The Hall–Kier alpha value is -4.33. The highest BCUT2D eigenvalue weighted by Gasteiger charge is 2.14. The summed E-state index contributed by atoms with van der Waals surface area (Å²) in [6, 6.07) is 18.5. The van der Waals surface area contributed by atoms with Crippen LogP contribution >= 0.6 is 0 Å². The van der Waals surface area contributed by atoms with E-state index in [0.717, 1.165) is 6.42 Å². The molecule has 182 valence electrons. The van der Waals surface area contributed by atoms with Gasteiger partial charge < -0.3 is 18.9 Å². The SMILES string of the molecule is CCCOc1ccc(C(=O)Oc2ccc(C=NNC(=O)c3cccc(OC)c3)cc2OCC)cc1. The summed E-state index contributed by atoms with van der Waals surface area (Å²) >= 11 is 0. The van der Waals surface area contributed by atoms with Crippen molar-refractivity contribution in [2.45, 2.75) is 20.3 Å². The molecule has 3 aromatic rings. The van der Waals surface area contributed by atoms with Crippen LogP contribution in [-0.4, -0.2) is 38.4 Å². The van der Waals surface area contributed by atoms with Gasteiger partial charge in [0.15, 0.2) is 11.5 Å². The topological polar surface area (TPSA) is 95.5 Å². The van der Waals surface area contributed by atoms with E-state index in [4.69, 9.17) is 18.9 Å². The minimum Gasteiger partial charge on any atom is -0.497 e. The standard InChI is InChI=1S/C27H28N2O6/c1-4-15-34-22-12-10-20(11-13-22)27(31)35-24-14-9-19(16-25(24)33-5-2)18-28-29-26(30)21-7-6-8-23(17-21)32-3/h6-14,16-18H,4-5,15H2,1-3H3,(H,29,30). The largest absolute Gasteiger partial charge is 0.497 e. The number of amides is 1. The zero-order chi connectivity index (χ0) is 25.0. The number of nitrogens with zero attached hydrogens (tertiary/aromatic N) is 1.